The zero-order chi connectivity index (χ0) is 14.8. The van der Waals surface area contributed by atoms with Gasteiger partial charge in [-0.2, -0.15) is 11.8 Å². The summed E-state index contributed by atoms with van der Waals surface area (Å²) in [4.78, 5) is 15.4. The normalized spacial score (nSPS) is 10.9. The number of rotatable bonds is 9. The molecule has 0 saturated carbocycles. The smallest absolute Gasteiger partial charge is 0.274 e. The number of thioether (sulfide) groups is 1. The highest BCUT2D eigenvalue weighted by atomic mass is 32.2. The Morgan fingerprint density at radius 3 is 3.10 bits per heavy atom. The minimum Gasteiger partial charge on any atom is -0.366 e. The van der Waals surface area contributed by atoms with Gasteiger partial charge < -0.3 is 10.6 Å². The van der Waals surface area contributed by atoms with Crippen molar-refractivity contribution in [2.24, 2.45) is 0 Å². The van der Waals surface area contributed by atoms with E-state index in [-0.39, 0.29) is 6.54 Å². The minimum atomic E-state index is -0.514. The molecule has 0 aliphatic heterocycles. The topological polar surface area (TPSA) is 80.1 Å². The molecule has 108 valence electrons. The zero-order valence-corrected chi connectivity index (χ0v) is 12.7. The Morgan fingerprint density at radius 2 is 2.50 bits per heavy atom. The van der Waals surface area contributed by atoms with Crippen LogP contribution >= 0.6 is 23.1 Å². The number of nitro groups is 1. The summed E-state index contributed by atoms with van der Waals surface area (Å²) in [5, 5.41) is 16.2. The molecule has 0 aromatic carbocycles. The summed E-state index contributed by atoms with van der Waals surface area (Å²) in [6.07, 6.45) is 5.99. The molecule has 0 aliphatic rings. The molecular formula is C12H16N4O2S2. The van der Waals surface area contributed by atoms with Crippen LogP contribution in [0.15, 0.2) is 17.5 Å². The molecule has 8 heteroatoms. The number of nitrogens with zero attached hydrogens (tertiary/aromatic N) is 2. The molecule has 6 nitrogen and oxygen atoms in total. The van der Waals surface area contributed by atoms with Crippen molar-refractivity contribution in [3.05, 3.63) is 38.2 Å². The van der Waals surface area contributed by atoms with E-state index in [1.165, 1.54) is 4.88 Å². The first-order valence-electron chi connectivity index (χ1n) is 5.86. The van der Waals surface area contributed by atoms with Crippen LogP contribution < -0.4 is 10.6 Å². The van der Waals surface area contributed by atoms with Crippen LogP contribution in [0.5, 0.6) is 0 Å². The second-order valence-electron chi connectivity index (χ2n) is 3.73. The van der Waals surface area contributed by atoms with Crippen LogP contribution in [0.3, 0.4) is 0 Å². The molecule has 2 N–H and O–H groups in total. The first kappa shape index (κ1) is 16.3. The summed E-state index contributed by atoms with van der Waals surface area (Å²) >= 11 is 3.40. The molecule has 0 bridgehead atoms. The van der Waals surface area contributed by atoms with Crippen molar-refractivity contribution in [1.29, 1.82) is 0 Å². The lowest BCUT2D eigenvalue weighted by Gasteiger charge is -2.08. The average molecular weight is 312 g/mol. The molecule has 0 fully saturated rings. The third-order valence-corrected chi connectivity index (χ3v) is 4.36. The van der Waals surface area contributed by atoms with Gasteiger partial charge in [-0.05, 0) is 6.92 Å². The predicted octanol–water partition coefficient (Wildman–Crippen LogP) is 1.57. The largest absolute Gasteiger partial charge is 0.366 e. The van der Waals surface area contributed by atoms with E-state index in [1.54, 1.807) is 23.1 Å². The lowest BCUT2D eigenvalue weighted by atomic mass is 10.4. The maximum Gasteiger partial charge on any atom is 0.274 e. The van der Waals surface area contributed by atoms with Gasteiger partial charge in [0.25, 0.3) is 6.20 Å². The standard InChI is InChI=1S/C12H16N4O2S2/c1-3-4-13-12(7-16(17)18)14-5-6-19-8-11-10(2)15-9-20-11/h1,7,9,13-14H,4-6,8H2,2H3. The lowest BCUT2D eigenvalue weighted by Crippen LogP contribution is -2.29. The number of aromatic nitrogens is 1. The van der Waals surface area contributed by atoms with Gasteiger partial charge in [-0.25, -0.2) is 4.98 Å². The van der Waals surface area contributed by atoms with Crippen LogP contribution in [0.4, 0.5) is 0 Å². The fourth-order valence-electron chi connectivity index (χ4n) is 1.29. The third kappa shape index (κ3) is 6.45. The van der Waals surface area contributed by atoms with Crippen molar-refractivity contribution in [2.75, 3.05) is 18.8 Å². The molecule has 1 rings (SSSR count). The molecular weight excluding hydrogens is 296 g/mol. The summed E-state index contributed by atoms with van der Waals surface area (Å²) in [5.41, 5.74) is 2.91. The van der Waals surface area contributed by atoms with Crippen LogP contribution in [-0.2, 0) is 5.75 Å². The average Bonchev–Trinajstić information content (AvgIpc) is 2.80. The molecule has 0 radical (unpaired) electrons. The Morgan fingerprint density at radius 1 is 1.70 bits per heavy atom. The molecule has 1 aromatic heterocycles. The molecule has 20 heavy (non-hydrogen) atoms. The van der Waals surface area contributed by atoms with Gasteiger partial charge in [0.2, 0.25) is 0 Å². The molecule has 1 heterocycles. The van der Waals surface area contributed by atoms with E-state index in [0.717, 1.165) is 23.4 Å². The van der Waals surface area contributed by atoms with Crippen molar-refractivity contribution < 1.29 is 4.92 Å². The van der Waals surface area contributed by atoms with Crippen LogP contribution in [0.2, 0.25) is 0 Å². The van der Waals surface area contributed by atoms with E-state index in [9.17, 15) is 10.1 Å². The van der Waals surface area contributed by atoms with Crippen molar-refractivity contribution in [2.45, 2.75) is 12.7 Å². The fraction of sp³-hybridized carbons (Fsp3) is 0.417. The highest BCUT2D eigenvalue weighted by Gasteiger charge is 2.03. The van der Waals surface area contributed by atoms with Crippen molar-refractivity contribution in [3.63, 3.8) is 0 Å². The Hall–Kier alpha value is -1.72. The van der Waals surface area contributed by atoms with E-state index in [4.69, 9.17) is 6.42 Å². The van der Waals surface area contributed by atoms with Crippen LogP contribution in [0.1, 0.15) is 10.6 Å². The number of aryl methyl sites for hydroxylation is 1. The first-order valence-corrected chi connectivity index (χ1v) is 7.90. The minimum absolute atomic E-state index is 0.250. The number of hydrogen-bond acceptors (Lipinski definition) is 7. The van der Waals surface area contributed by atoms with E-state index in [0.29, 0.717) is 12.4 Å². The van der Waals surface area contributed by atoms with Crippen LogP contribution in [0.25, 0.3) is 0 Å². The van der Waals surface area contributed by atoms with E-state index >= 15 is 0 Å². The maximum absolute atomic E-state index is 10.4. The number of nitrogens with one attached hydrogen (secondary N) is 2. The van der Waals surface area contributed by atoms with Crippen LogP contribution in [-0.4, -0.2) is 28.7 Å². The second kappa shape index (κ2) is 9.23. The van der Waals surface area contributed by atoms with Crippen LogP contribution in [0, 0.1) is 29.4 Å². The molecule has 1 aromatic rings. The van der Waals surface area contributed by atoms with Crippen molar-refractivity contribution in [1.82, 2.24) is 15.6 Å². The van der Waals surface area contributed by atoms with Gasteiger partial charge in [-0.15, -0.1) is 17.8 Å². The summed E-state index contributed by atoms with van der Waals surface area (Å²) < 4.78 is 0. The Labute approximate surface area is 126 Å². The summed E-state index contributed by atoms with van der Waals surface area (Å²) in [6, 6.07) is 0. The monoisotopic (exact) mass is 312 g/mol. The molecule has 0 amide bonds. The number of thiazole rings is 1. The zero-order valence-electron chi connectivity index (χ0n) is 11.1. The van der Waals surface area contributed by atoms with E-state index in [1.807, 2.05) is 12.4 Å². The second-order valence-corrected chi connectivity index (χ2v) is 5.77. The molecule has 0 spiro atoms. The van der Waals surface area contributed by atoms with E-state index < -0.39 is 4.92 Å². The molecule has 0 unspecified atom stereocenters. The third-order valence-electron chi connectivity index (χ3n) is 2.26. The van der Waals surface area contributed by atoms with Gasteiger partial charge in [0, 0.05) is 22.9 Å². The predicted molar refractivity (Wildman–Crippen MR) is 82.9 cm³/mol. The highest BCUT2D eigenvalue weighted by Crippen LogP contribution is 2.18. The van der Waals surface area contributed by atoms with Crippen molar-refractivity contribution >= 4 is 23.1 Å². The highest BCUT2D eigenvalue weighted by molar-refractivity contribution is 7.98. The summed E-state index contributed by atoms with van der Waals surface area (Å²) in [5.74, 6) is 4.45. The molecule has 0 saturated heterocycles. The Kier molecular flexibility index (Phi) is 7.54. The Bertz CT molecular complexity index is 508. The van der Waals surface area contributed by atoms with Gasteiger partial charge in [0.05, 0.1) is 22.7 Å². The first-order chi connectivity index (χ1) is 9.63. The quantitative estimate of drug-likeness (QED) is 0.312. The maximum atomic E-state index is 10.4. The SMILES string of the molecule is C#CCNC(=C[N+](=O)[O-])NCCSCc1scnc1C. The lowest BCUT2D eigenvalue weighted by molar-refractivity contribution is -0.404. The van der Waals surface area contributed by atoms with Gasteiger partial charge in [0.15, 0.2) is 5.82 Å². The van der Waals surface area contributed by atoms with Gasteiger partial charge in [-0.1, -0.05) is 5.92 Å². The number of terminal acetylenes is 1. The molecule has 0 aliphatic carbocycles. The van der Waals surface area contributed by atoms with Gasteiger partial charge in [-0.3, -0.25) is 10.1 Å². The van der Waals surface area contributed by atoms with Crippen molar-refractivity contribution in [3.8, 4) is 12.3 Å². The summed E-state index contributed by atoms with van der Waals surface area (Å²) in [6.45, 7) is 2.87. The number of hydrogen-bond donors (Lipinski definition) is 2. The van der Waals surface area contributed by atoms with Gasteiger partial charge in [0.1, 0.15) is 0 Å². The van der Waals surface area contributed by atoms with E-state index in [2.05, 4.69) is 21.5 Å². The fourth-order valence-corrected chi connectivity index (χ4v) is 3.16. The van der Waals surface area contributed by atoms with Gasteiger partial charge >= 0.3 is 0 Å². The Balaban J connectivity index is 2.25. The summed E-state index contributed by atoms with van der Waals surface area (Å²) in [7, 11) is 0. The molecule has 0 atom stereocenters.